The van der Waals surface area contributed by atoms with Crippen LogP contribution in [-0.4, -0.2) is 19.0 Å². The summed E-state index contributed by atoms with van der Waals surface area (Å²) < 4.78 is 26.2. The van der Waals surface area contributed by atoms with Crippen molar-refractivity contribution < 1.29 is 13.6 Å². The zero-order valence-corrected chi connectivity index (χ0v) is 9.31. The lowest BCUT2D eigenvalue weighted by Gasteiger charge is -2.15. The average Bonchev–Trinajstić information content (AvgIpc) is 2.30. The normalized spacial score (nSPS) is 11.7. The van der Waals surface area contributed by atoms with Crippen molar-refractivity contribution in [1.29, 1.82) is 0 Å². The first-order chi connectivity index (χ1) is 8.56. The van der Waals surface area contributed by atoms with Crippen molar-refractivity contribution in [3.8, 4) is 0 Å². The van der Waals surface area contributed by atoms with Crippen molar-refractivity contribution in [2.45, 2.75) is 6.04 Å². The number of nitrogens with zero attached hydrogens (tertiary/aromatic N) is 3. The number of primary amides is 1. The van der Waals surface area contributed by atoms with Crippen molar-refractivity contribution in [1.82, 2.24) is 5.32 Å². The molecule has 0 saturated carbocycles. The zero-order valence-electron chi connectivity index (χ0n) is 9.31. The topological polar surface area (TPSA) is 104 Å². The number of amides is 1. The van der Waals surface area contributed by atoms with Gasteiger partial charge in [0.25, 0.3) is 0 Å². The second-order valence-electron chi connectivity index (χ2n) is 3.41. The van der Waals surface area contributed by atoms with Gasteiger partial charge in [0.05, 0.1) is 0 Å². The zero-order chi connectivity index (χ0) is 13.5. The molecule has 0 bridgehead atoms. The number of carbonyl (C=O) groups is 1. The molecule has 6 nitrogen and oxygen atoms in total. The molecule has 0 spiro atoms. The van der Waals surface area contributed by atoms with E-state index >= 15 is 0 Å². The van der Waals surface area contributed by atoms with Crippen molar-refractivity contribution >= 4 is 5.91 Å². The average molecular weight is 255 g/mol. The lowest BCUT2D eigenvalue weighted by atomic mass is 10.1. The van der Waals surface area contributed by atoms with Crippen molar-refractivity contribution in [2.75, 3.05) is 13.1 Å². The van der Waals surface area contributed by atoms with E-state index in [0.717, 1.165) is 12.1 Å². The van der Waals surface area contributed by atoms with Gasteiger partial charge in [0.2, 0.25) is 5.91 Å². The highest BCUT2D eigenvalue weighted by Crippen LogP contribution is 2.17. The van der Waals surface area contributed by atoms with Gasteiger partial charge < -0.3 is 11.1 Å². The maximum Gasteiger partial charge on any atom is 0.239 e. The summed E-state index contributed by atoms with van der Waals surface area (Å²) in [7, 11) is 0. The molecule has 1 atom stereocenters. The van der Waals surface area contributed by atoms with Crippen LogP contribution in [0.15, 0.2) is 23.3 Å². The number of azide groups is 1. The summed E-state index contributed by atoms with van der Waals surface area (Å²) in [6.07, 6.45) is 0. The first-order valence-corrected chi connectivity index (χ1v) is 5.04. The van der Waals surface area contributed by atoms with Gasteiger partial charge in [0.1, 0.15) is 17.7 Å². The molecule has 1 rings (SSSR count). The predicted molar refractivity (Wildman–Crippen MR) is 60.3 cm³/mol. The maximum atomic E-state index is 13.5. The van der Waals surface area contributed by atoms with Crippen LogP contribution >= 0.6 is 0 Å². The SMILES string of the molecule is [N-]=[N+]=NCCNC(C(N)=O)c1ccc(F)cc1F. The van der Waals surface area contributed by atoms with Gasteiger partial charge in [-0.2, -0.15) is 0 Å². The van der Waals surface area contributed by atoms with E-state index in [1.807, 2.05) is 0 Å². The van der Waals surface area contributed by atoms with Gasteiger partial charge in [-0.15, -0.1) is 0 Å². The monoisotopic (exact) mass is 255 g/mol. The minimum absolute atomic E-state index is 0.0511. The van der Waals surface area contributed by atoms with Crippen LogP contribution in [0.2, 0.25) is 0 Å². The fraction of sp³-hybridized carbons (Fsp3) is 0.300. The fourth-order valence-corrected chi connectivity index (χ4v) is 1.40. The Morgan fingerprint density at radius 3 is 2.83 bits per heavy atom. The number of hydrogen-bond acceptors (Lipinski definition) is 3. The Morgan fingerprint density at radius 1 is 1.56 bits per heavy atom. The number of benzene rings is 1. The second kappa shape index (κ2) is 6.53. The van der Waals surface area contributed by atoms with Crippen LogP contribution in [0, 0.1) is 11.6 Å². The first-order valence-electron chi connectivity index (χ1n) is 5.04. The number of halogens is 2. The Bertz CT molecular complexity index is 487. The van der Waals surface area contributed by atoms with Gasteiger partial charge in [-0.3, -0.25) is 4.79 Å². The van der Waals surface area contributed by atoms with E-state index in [2.05, 4.69) is 15.3 Å². The van der Waals surface area contributed by atoms with Crippen LogP contribution in [0.1, 0.15) is 11.6 Å². The van der Waals surface area contributed by atoms with Crippen molar-refractivity contribution in [3.63, 3.8) is 0 Å². The summed E-state index contributed by atoms with van der Waals surface area (Å²) in [4.78, 5) is 13.7. The Balaban J connectivity index is 2.84. The molecule has 0 radical (unpaired) electrons. The largest absolute Gasteiger partial charge is 0.368 e. The van der Waals surface area contributed by atoms with E-state index in [4.69, 9.17) is 11.3 Å². The Labute approximate surface area is 101 Å². The third-order valence-electron chi connectivity index (χ3n) is 2.18. The number of rotatable bonds is 6. The fourth-order valence-electron chi connectivity index (χ4n) is 1.40. The molecule has 3 N–H and O–H groups in total. The summed E-state index contributed by atoms with van der Waals surface area (Å²) in [5, 5.41) is 5.87. The minimum Gasteiger partial charge on any atom is -0.368 e. The van der Waals surface area contributed by atoms with Gasteiger partial charge in [0, 0.05) is 29.6 Å². The molecular weight excluding hydrogens is 244 g/mol. The molecule has 0 aliphatic heterocycles. The lowest BCUT2D eigenvalue weighted by Crippen LogP contribution is -2.35. The van der Waals surface area contributed by atoms with E-state index in [0.29, 0.717) is 6.07 Å². The summed E-state index contributed by atoms with van der Waals surface area (Å²) >= 11 is 0. The molecule has 0 saturated heterocycles. The van der Waals surface area contributed by atoms with Gasteiger partial charge in [-0.05, 0) is 11.6 Å². The van der Waals surface area contributed by atoms with Gasteiger partial charge in [-0.25, -0.2) is 8.78 Å². The van der Waals surface area contributed by atoms with E-state index < -0.39 is 23.6 Å². The summed E-state index contributed by atoms with van der Waals surface area (Å²) in [6.45, 7) is 0.234. The molecule has 0 fully saturated rings. The lowest BCUT2D eigenvalue weighted by molar-refractivity contribution is -0.120. The number of nitrogens with one attached hydrogen (secondary N) is 1. The van der Waals surface area contributed by atoms with Crippen LogP contribution in [0.4, 0.5) is 8.78 Å². The number of hydrogen-bond donors (Lipinski definition) is 2. The Kier molecular flexibility index (Phi) is 5.04. The van der Waals surface area contributed by atoms with Crippen LogP contribution in [0.3, 0.4) is 0 Å². The molecule has 1 amide bonds. The van der Waals surface area contributed by atoms with E-state index in [1.54, 1.807) is 0 Å². The Morgan fingerprint density at radius 2 is 2.28 bits per heavy atom. The highest BCUT2D eigenvalue weighted by Gasteiger charge is 2.20. The van der Waals surface area contributed by atoms with Gasteiger partial charge >= 0.3 is 0 Å². The van der Waals surface area contributed by atoms with Crippen LogP contribution in [0.5, 0.6) is 0 Å². The van der Waals surface area contributed by atoms with Crippen molar-refractivity contribution in [2.24, 2.45) is 10.8 Å². The molecule has 0 aliphatic carbocycles. The smallest absolute Gasteiger partial charge is 0.239 e. The van der Waals surface area contributed by atoms with Crippen LogP contribution in [0.25, 0.3) is 10.4 Å². The van der Waals surface area contributed by atoms with Gasteiger partial charge in [0.15, 0.2) is 0 Å². The molecule has 96 valence electrons. The molecular formula is C10H11F2N5O. The molecule has 8 heteroatoms. The van der Waals surface area contributed by atoms with Crippen LogP contribution in [-0.2, 0) is 4.79 Å². The molecule has 1 aromatic carbocycles. The quantitative estimate of drug-likeness (QED) is 0.347. The van der Waals surface area contributed by atoms with Gasteiger partial charge in [-0.1, -0.05) is 11.2 Å². The Hall–Kier alpha value is -2.18. The van der Waals surface area contributed by atoms with E-state index in [9.17, 15) is 13.6 Å². The van der Waals surface area contributed by atoms with E-state index in [-0.39, 0.29) is 18.7 Å². The molecule has 18 heavy (non-hydrogen) atoms. The number of carbonyl (C=O) groups excluding carboxylic acids is 1. The highest BCUT2D eigenvalue weighted by molar-refractivity contribution is 5.81. The molecule has 1 aromatic rings. The second-order valence-corrected chi connectivity index (χ2v) is 3.41. The molecule has 0 aliphatic rings. The third kappa shape index (κ3) is 3.69. The van der Waals surface area contributed by atoms with E-state index in [1.165, 1.54) is 0 Å². The first kappa shape index (κ1) is 13.9. The number of nitrogens with two attached hydrogens (primary N) is 1. The molecule has 1 unspecified atom stereocenters. The van der Waals surface area contributed by atoms with Crippen molar-refractivity contribution in [3.05, 3.63) is 45.8 Å². The van der Waals surface area contributed by atoms with Crippen LogP contribution < -0.4 is 11.1 Å². The third-order valence-corrected chi connectivity index (χ3v) is 2.18. The molecule has 0 heterocycles. The predicted octanol–water partition coefficient (Wildman–Crippen LogP) is 1.39. The molecule has 0 aromatic heterocycles. The summed E-state index contributed by atoms with van der Waals surface area (Å²) in [5.41, 5.74) is 13.1. The standard InChI is InChI=1S/C10H11F2N5O/c11-6-1-2-7(8(12)5-6)9(10(13)18)15-3-4-16-17-14/h1-2,5,9,15H,3-4H2,(H2,13,18). The minimum atomic E-state index is -1.10. The summed E-state index contributed by atoms with van der Waals surface area (Å²) in [5.74, 6) is -2.41. The summed E-state index contributed by atoms with van der Waals surface area (Å²) in [6, 6.07) is 1.74. The maximum absolute atomic E-state index is 13.5. The highest BCUT2D eigenvalue weighted by atomic mass is 19.1.